The lowest BCUT2D eigenvalue weighted by atomic mass is 10.1. The molecule has 1 amide bonds. The number of pyridine rings is 1. The number of aromatic nitrogens is 5. The number of piperazine rings is 1. The fraction of sp³-hybridized carbons (Fsp3) is 0.292. The molecule has 192 valence electrons. The molecule has 1 fully saturated rings. The van der Waals surface area contributed by atoms with Crippen LogP contribution in [0.1, 0.15) is 12.0 Å². The van der Waals surface area contributed by atoms with Crippen molar-refractivity contribution in [2.24, 2.45) is 0 Å². The van der Waals surface area contributed by atoms with Crippen LogP contribution in [0.3, 0.4) is 0 Å². The first-order chi connectivity index (χ1) is 17.7. The monoisotopic (exact) mass is 511 g/mol. The zero-order valence-electron chi connectivity index (χ0n) is 19.7. The fourth-order valence-electron chi connectivity index (χ4n) is 4.22. The lowest BCUT2D eigenvalue weighted by Gasteiger charge is -2.35. The van der Waals surface area contributed by atoms with Crippen molar-refractivity contribution in [1.82, 2.24) is 34.7 Å². The number of nitrogens with one attached hydrogen (secondary N) is 2. The van der Waals surface area contributed by atoms with Gasteiger partial charge >= 0.3 is 6.18 Å². The zero-order valence-corrected chi connectivity index (χ0v) is 19.7. The lowest BCUT2D eigenvalue weighted by Crippen LogP contribution is -2.49. The third-order valence-electron chi connectivity index (χ3n) is 6.02. The number of rotatable bonds is 6. The number of imidazole rings is 1. The number of alkyl halides is 3. The molecule has 0 atom stereocenters. The fourth-order valence-corrected chi connectivity index (χ4v) is 4.22. The first-order valence-corrected chi connectivity index (χ1v) is 11.6. The molecule has 5 rings (SSSR count). The van der Waals surface area contributed by atoms with Crippen LogP contribution in [0.2, 0.25) is 0 Å². The highest BCUT2D eigenvalue weighted by molar-refractivity contribution is 5.83. The molecule has 13 heteroatoms. The van der Waals surface area contributed by atoms with Gasteiger partial charge in [-0.1, -0.05) is 6.07 Å². The molecule has 0 bridgehead atoms. The number of H-pyrrole nitrogens is 1. The second-order valence-corrected chi connectivity index (χ2v) is 8.77. The molecule has 4 heterocycles. The third-order valence-corrected chi connectivity index (χ3v) is 6.02. The second-order valence-electron chi connectivity index (χ2n) is 8.77. The summed E-state index contributed by atoms with van der Waals surface area (Å²) in [6.07, 6.45) is -2.80. The van der Waals surface area contributed by atoms with E-state index in [0.29, 0.717) is 42.9 Å². The minimum Gasteiger partial charge on any atom is -0.384 e. The number of hydrogen-bond acceptors (Lipinski definition) is 8. The van der Waals surface area contributed by atoms with Gasteiger partial charge in [-0.05, 0) is 29.8 Å². The number of halogens is 3. The van der Waals surface area contributed by atoms with Crippen LogP contribution < -0.4 is 11.1 Å². The van der Waals surface area contributed by atoms with Gasteiger partial charge in [0.05, 0.1) is 16.7 Å². The number of nitrogen functional groups attached to an aromatic ring is 1. The number of aromatic amines is 1. The summed E-state index contributed by atoms with van der Waals surface area (Å²) in [6, 6.07) is 11.2. The lowest BCUT2D eigenvalue weighted by molar-refractivity contribution is -0.162. The average molecular weight is 512 g/mol. The highest BCUT2D eigenvalue weighted by Crippen LogP contribution is 2.25. The van der Waals surface area contributed by atoms with Crippen molar-refractivity contribution in [3.05, 3.63) is 54.5 Å². The van der Waals surface area contributed by atoms with Crippen LogP contribution in [0.15, 0.2) is 48.9 Å². The van der Waals surface area contributed by atoms with E-state index in [1.807, 2.05) is 30.3 Å². The van der Waals surface area contributed by atoms with Crippen molar-refractivity contribution < 1.29 is 18.0 Å². The molecule has 3 aromatic heterocycles. The second kappa shape index (κ2) is 10.0. The Hall–Kier alpha value is -4.26. The molecule has 1 saturated heterocycles. The van der Waals surface area contributed by atoms with Gasteiger partial charge in [0.25, 0.3) is 0 Å². The Morgan fingerprint density at radius 3 is 2.62 bits per heavy atom. The van der Waals surface area contributed by atoms with Crippen LogP contribution in [0.25, 0.3) is 22.3 Å². The quantitative estimate of drug-likeness (QED) is 0.360. The minimum absolute atomic E-state index is 0.272. The summed E-state index contributed by atoms with van der Waals surface area (Å²) in [5.41, 5.74) is 9.90. The first kappa shape index (κ1) is 24.4. The third kappa shape index (κ3) is 6.12. The molecule has 1 aromatic carbocycles. The molecule has 0 radical (unpaired) electrons. The van der Waals surface area contributed by atoms with Crippen molar-refractivity contribution in [3.63, 3.8) is 0 Å². The molecule has 37 heavy (non-hydrogen) atoms. The van der Waals surface area contributed by atoms with Crippen LogP contribution in [0.4, 0.5) is 30.8 Å². The van der Waals surface area contributed by atoms with Gasteiger partial charge in [0, 0.05) is 50.6 Å². The number of nitrogens with two attached hydrogens (primary N) is 1. The summed E-state index contributed by atoms with van der Waals surface area (Å²) in [5.74, 6) is 0.636. The van der Waals surface area contributed by atoms with Crippen LogP contribution in [-0.2, 0) is 11.3 Å². The van der Waals surface area contributed by atoms with E-state index in [9.17, 15) is 18.0 Å². The topological polar surface area (TPSA) is 129 Å². The Morgan fingerprint density at radius 2 is 1.86 bits per heavy atom. The van der Waals surface area contributed by atoms with E-state index in [2.05, 4.69) is 35.1 Å². The number of benzene rings is 1. The van der Waals surface area contributed by atoms with Crippen molar-refractivity contribution >= 4 is 34.5 Å². The zero-order chi connectivity index (χ0) is 26.0. The SMILES string of the molecule is Nc1cc(-c2ccc3nc(Nc4cc(CN5CCN(C(=O)CC(F)(F)F)CC5)ccn4)[nH]c3c2)ncn1. The summed E-state index contributed by atoms with van der Waals surface area (Å²) >= 11 is 0. The number of carbonyl (C=O) groups is 1. The Morgan fingerprint density at radius 1 is 1.05 bits per heavy atom. The number of carbonyl (C=O) groups excluding carboxylic acids is 1. The van der Waals surface area contributed by atoms with Crippen molar-refractivity contribution in [3.8, 4) is 11.3 Å². The molecule has 0 aliphatic carbocycles. The van der Waals surface area contributed by atoms with Gasteiger partial charge in [0.1, 0.15) is 24.4 Å². The standard InChI is InChI=1S/C24H24F3N9O/c25-24(26,27)12-22(37)36-7-5-35(6-8-36)13-15-3-4-29-21(9-15)34-23-32-17-2-1-16(10-19(17)33-23)18-11-20(28)31-14-30-18/h1-4,9-11,14H,5-8,12-13H2,(H2,28,30,31)(H2,29,32,33,34). The number of anilines is 3. The van der Waals surface area contributed by atoms with E-state index in [-0.39, 0.29) is 13.1 Å². The Balaban J connectivity index is 1.21. The van der Waals surface area contributed by atoms with Gasteiger partial charge < -0.3 is 20.9 Å². The van der Waals surface area contributed by atoms with Gasteiger partial charge in [0.15, 0.2) is 0 Å². The highest BCUT2D eigenvalue weighted by atomic mass is 19.4. The number of nitrogens with zero attached hydrogens (tertiary/aromatic N) is 6. The normalized spacial score (nSPS) is 14.7. The molecule has 1 aliphatic heterocycles. The van der Waals surface area contributed by atoms with E-state index in [1.54, 1.807) is 12.3 Å². The molecular formula is C24H24F3N9O. The highest BCUT2D eigenvalue weighted by Gasteiger charge is 2.34. The Bertz CT molecular complexity index is 1410. The van der Waals surface area contributed by atoms with Crippen molar-refractivity contribution in [2.45, 2.75) is 19.1 Å². The summed E-state index contributed by atoms with van der Waals surface area (Å²) in [5, 5.41) is 3.18. The minimum atomic E-state index is -4.48. The average Bonchev–Trinajstić information content (AvgIpc) is 3.25. The van der Waals surface area contributed by atoms with Crippen LogP contribution in [0, 0.1) is 0 Å². The van der Waals surface area contributed by atoms with E-state index in [1.165, 1.54) is 11.2 Å². The molecule has 0 saturated carbocycles. The molecular weight excluding hydrogens is 487 g/mol. The van der Waals surface area contributed by atoms with Gasteiger partial charge in [0.2, 0.25) is 11.9 Å². The van der Waals surface area contributed by atoms with Gasteiger partial charge in [-0.25, -0.2) is 19.9 Å². The van der Waals surface area contributed by atoms with Crippen LogP contribution in [-0.4, -0.2) is 73.0 Å². The number of fused-ring (bicyclic) bond motifs is 1. The molecule has 0 spiro atoms. The van der Waals surface area contributed by atoms with E-state index >= 15 is 0 Å². The first-order valence-electron chi connectivity index (χ1n) is 11.6. The smallest absolute Gasteiger partial charge is 0.384 e. The predicted molar refractivity (Wildman–Crippen MR) is 132 cm³/mol. The Kier molecular flexibility index (Phi) is 6.61. The van der Waals surface area contributed by atoms with E-state index in [0.717, 1.165) is 22.2 Å². The summed E-state index contributed by atoms with van der Waals surface area (Å²) in [4.78, 5) is 35.5. The van der Waals surface area contributed by atoms with Gasteiger partial charge in [-0.15, -0.1) is 0 Å². The maximum Gasteiger partial charge on any atom is 0.397 e. The number of amides is 1. The summed E-state index contributed by atoms with van der Waals surface area (Å²) in [7, 11) is 0. The maximum atomic E-state index is 12.5. The Labute approximate surface area is 209 Å². The molecule has 1 aliphatic rings. The van der Waals surface area contributed by atoms with Crippen LogP contribution in [0.5, 0.6) is 0 Å². The number of hydrogen-bond donors (Lipinski definition) is 3. The van der Waals surface area contributed by atoms with Gasteiger partial charge in [-0.3, -0.25) is 9.69 Å². The van der Waals surface area contributed by atoms with E-state index in [4.69, 9.17) is 5.73 Å². The van der Waals surface area contributed by atoms with E-state index < -0.39 is 18.5 Å². The van der Waals surface area contributed by atoms with Crippen molar-refractivity contribution in [1.29, 1.82) is 0 Å². The largest absolute Gasteiger partial charge is 0.397 e. The predicted octanol–water partition coefficient (Wildman–Crippen LogP) is 3.34. The molecule has 10 nitrogen and oxygen atoms in total. The molecule has 4 N–H and O–H groups in total. The molecule has 0 unspecified atom stereocenters. The molecule has 4 aromatic rings. The summed E-state index contributed by atoms with van der Waals surface area (Å²) < 4.78 is 37.5. The van der Waals surface area contributed by atoms with Crippen LogP contribution >= 0.6 is 0 Å². The summed E-state index contributed by atoms with van der Waals surface area (Å²) in [6.45, 7) is 2.13. The maximum absolute atomic E-state index is 12.5. The van der Waals surface area contributed by atoms with Crippen molar-refractivity contribution in [2.75, 3.05) is 37.2 Å². The van der Waals surface area contributed by atoms with Gasteiger partial charge in [-0.2, -0.15) is 13.2 Å².